The molecule has 0 spiro atoms. The smallest absolute Gasteiger partial charge is 0.116 e. The first-order valence-electron chi connectivity index (χ1n) is 6.37. The van der Waals surface area contributed by atoms with Crippen LogP contribution in [0.15, 0.2) is 36.5 Å². The lowest BCUT2D eigenvalue weighted by Gasteiger charge is -2.04. The van der Waals surface area contributed by atoms with Gasteiger partial charge in [0.05, 0.1) is 11.2 Å². The molecule has 0 aliphatic carbocycles. The Balaban J connectivity index is 2.08. The number of aromatic nitrogens is 2. The first-order chi connectivity index (χ1) is 9.33. The van der Waals surface area contributed by atoms with E-state index < -0.39 is 0 Å². The Morgan fingerprint density at radius 1 is 1.16 bits per heavy atom. The Labute approximate surface area is 109 Å². The lowest BCUT2D eigenvalue weighted by atomic mass is 10.1. The molecule has 1 aromatic carbocycles. The summed E-state index contributed by atoms with van der Waals surface area (Å²) in [5.74, 6) is 0.282. The molecule has 2 aromatic heterocycles. The van der Waals surface area contributed by atoms with E-state index in [0.717, 1.165) is 46.2 Å². The molecule has 1 aliphatic rings. The zero-order valence-corrected chi connectivity index (χ0v) is 10.3. The number of phenolic OH excluding ortho intramolecular Hbond substituents is 1. The Bertz CT molecular complexity index is 817. The van der Waals surface area contributed by atoms with Gasteiger partial charge in [-0.3, -0.25) is 4.98 Å². The number of nitrogens with zero attached hydrogens (tertiary/aromatic N) is 1. The normalized spacial score (nSPS) is 14.8. The van der Waals surface area contributed by atoms with E-state index in [9.17, 15) is 5.11 Å². The van der Waals surface area contributed by atoms with Gasteiger partial charge >= 0.3 is 0 Å². The van der Waals surface area contributed by atoms with E-state index in [2.05, 4.69) is 21.4 Å². The average Bonchev–Trinajstić information content (AvgIpc) is 3.05. The summed E-state index contributed by atoms with van der Waals surface area (Å²) in [4.78, 5) is 7.88. The highest BCUT2D eigenvalue weighted by molar-refractivity contribution is 6.10. The molecular formula is C15H13N3O. The Kier molecular flexibility index (Phi) is 2.06. The van der Waals surface area contributed by atoms with E-state index >= 15 is 0 Å². The summed E-state index contributed by atoms with van der Waals surface area (Å²) in [5, 5.41) is 15.1. The first-order valence-corrected chi connectivity index (χ1v) is 6.37. The maximum absolute atomic E-state index is 9.64. The number of nitrogens with one attached hydrogen (secondary N) is 2. The molecule has 19 heavy (non-hydrogen) atoms. The number of aromatic hydroxyl groups is 1. The van der Waals surface area contributed by atoms with Crippen LogP contribution in [0.4, 0.5) is 0 Å². The predicted octanol–water partition coefficient (Wildman–Crippen LogP) is 2.76. The van der Waals surface area contributed by atoms with Crippen molar-refractivity contribution in [3.05, 3.63) is 42.2 Å². The number of hydrogen-bond donors (Lipinski definition) is 3. The Morgan fingerprint density at radius 3 is 2.95 bits per heavy atom. The van der Waals surface area contributed by atoms with Gasteiger partial charge in [-0.1, -0.05) is 6.08 Å². The summed E-state index contributed by atoms with van der Waals surface area (Å²) in [6.07, 6.45) is 5.02. The number of fused-ring (bicyclic) bond motifs is 3. The molecular weight excluding hydrogens is 238 g/mol. The molecule has 4 heteroatoms. The maximum atomic E-state index is 9.64. The fourth-order valence-electron chi connectivity index (χ4n) is 2.69. The molecule has 0 unspecified atom stereocenters. The average molecular weight is 251 g/mol. The molecule has 3 N–H and O–H groups in total. The van der Waals surface area contributed by atoms with E-state index in [4.69, 9.17) is 0 Å². The van der Waals surface area contributed by atoms with Gasteiger partial charge in [0.15, 0.2) is 0 Å². The summed E-state index contributed by atoms with van der Waals surface area (Å²) in [6, 6.07) is 7.35. The number of hydrogen-bond acceptors (Lipinski definition) is 3. The van der Waals surface area contributed by atoms with Crippen LogP contribution in [-0.2, 0) is 0 Å². The zero-order chi connectivity index (χ0) is 12.8. The monoisotopic (exact) mass is 251 g/mol. The van der Waals surface area contributed by atoms with Crippen LogP contribution in [0.25, 0.3) is 27.5 Å². The second-order valence-corrected chi connectivity index (χ2v) is 4.77. The minimum atomic E-state index is 0.282. The standard InChI is InChI=1S/C15H13N3O/c19-9-3-4-12-11(8-9)10-5-7-17-15(14(10)18-12)13-2-1-6-16-13/h2-5,7-8,16,18-19H,1,6H2. The van der Waals surface area contributed by atoms with E-state index in [1.807, 2.05) is 18.3 Å². The largest absolute Gasteiger partial charge is 0.508 e. The van der Waals surface area contributed by atoms with E-state index in [-0.39, 0.29) is 5.75 Å². The van der Waals surface area contributed by atoms with E-state index in [0.29, 0.717) is 0 Å². The number of aromatic amines is 1. The molecule has 0 saturated carbocycles. The van der Waals surface area contributed by atoms with Gasteiger partial charge in [-0.25, -0.2) is 0 Å². The van der Waals surface area contributed by atoms with Crippen molar-refractivity contribution in [2.24, 2.45) is 0 Å². The summed E-state index contributed by atoms with van der Waals surface area (Å²) in [5.41, 5.74) is 4.07. The van der Waals surface area contributed by atoms with Gasteiger partial charge in [0.25, 0.3) is 0 Å². The SMILES string of the molecule is Oc1ccc2[nH]c3c(C4=CCCN4)nccc3c2c1. The van der Waals surface area contributed by atoms with E-state index in [1.54, 1.807) is 12.1 Å². The highest BCUT2D eigenvalue weighted by Crippen LogP contribution is 2.31. The van der Waals surface area contributed by atoms with Crippen LogP contribution >= 0.6 is 0 Å². The molecule has 4 rings (SSSR count). The number of pyridine rings is 1. The number of rotatable bonds is 1. The summed E-state index contributed by atoms with van der Waals surface area (Å²) in [6.45, 7) is 0.967. The molecule has 4 nitrogen and oxygen atoms in total. The molecule has 94 valence electrons. The van der Waals surface area contributed by atoms with Crippen molar-refractivity contribution in [2.45, 2.75) is 6.42 Å². The van der Waals surface area contributed by atoms with Gasteiger partial charge in [0.1, 0.15) is 11.4 Å². The van der Waals surface area contributed by atoms with Gasteiger partial charge in [-0.05, 0) is 30.7 Å². The van der Waals surface area contributed by atoms with Crippen LogP contribution in [0.2, 0.25) is 0 Å². The van der Waals surface area contributed by atoms with Gasteiger partial charge < -0.3 is 15.4 Å². The summed E-state index contributed by atoms with van der Waals surface area (Å²) < 4.78 is 0. The van der Waals surface area contributed by atoms with Crippen molar-refractivity contribution in [3.8, 4) is 5.75 Å². The third kappa shape index (κ3) is 1.50. The molecule has 0 radical (unpaired) electrons. The summed E-state index contributed by atoms with van der Waals surface area (Å²) in [7, 11) is 0. The van der Waals surface area contributed by atoms with Gasteiger partial charge in [-0.2, -0.15) is 0 Å². The fourth-order valence-corrected chi connectivity index (χ4v) is 2.69. The van der Waals surface area contributed by atoms with Crippen molar-refractivity contribution in [1.82, 2.24) is 15.3 Å². The highest BCUT2D eigenvalue weighted by Gasteiger charge is 2.14. The molecule has 0 atom stereocenters. The van der Waals surface area contributed by atoms with Crippen LogP contribution < -0.4 is 5.32 Å². The lowest BCUT2D eigenvalue weighted by molar-refractivity contribution is 0.476. The maximum Gasteiger partial charge on any atom is 0.116 e. The van der Waals surface area contributed by atoms with Crippen molar-refractivity contribution < 1.29 is 5.11 Å². The highest BCUT2D eigenvalue weighted by atomic mass is 16.3. The van der Waals surface area contributed by atoms with Gasteiger partial charge in [-0.15, -0.1) is 0 Å². The van der Waals surface area contributed by atoms with Crippen molar-refractivity contribution in [1.29, 1.82) is 0 Å². The molecule has 0 amide bonds. The number of phenols is 1. The quantitative estimate of drug-likeness (QED) is 0.623. The minimum absolute atomic E-state index is 0.282. The second kappa shape index (κ2) is 3.75. The zero-order valence-electron chi connectivity index (χ0n) is 10.3. The first kappa shape index (κ1) is 10.4. The van der Waals surface area contributed by atoms with Crippen molar-refractivity contribution in [3.63, 3.8) is 0 Å². The van der Waals surface area contributed by atoms with Crippen LogP contribution in [-0.4, -0.2) is 21.6 Å². The molecule has 0 bridgehead atoms. The van der Waals surface area contributed by atoms with Crippen LogP contribution in [0.1, 0.15) is 12.1 Å². The molecule has 3 aromatic rings. The third-order valence-electron chi connectivity index (χ3n) is 3.57. The van der Waals surface area contributed by atoms with Crippen molar-refractivity contribution in [2.75, 3.05) is 6.54 Å². The molecule has 1 aliphatic heterocycles. The second-order valence-electron chi connectivity index (χ2n) is 4.77. The van der Waals surface area contributed by atoms with Crippen LogP contribution in [0, 0.1) is 0 Å². The lowest BCUT2D eigenvalue weighted by Crippen LogP contribution is -2.07. The van der Waals surface area contributed by atoms with E-state index in [1.165, 1.54) is 0 Å². The summed E-state index contributed by atoms with van der Waals surface area (Å²) >= 11 is 0. The molecule has 0 saturated heterocycles. The Hall–Kier alpha value is -2.49. The van der Waals surface area contributed by atoms with Gasteiger partial charge in [0, 0.05) is 29.0 Å². The predicted molar refractivity (Wildman–Crippen MR) is 75.9 cm³/mol. The van der Waals surface area contributed by atoms with Crippen LogP contribution in [0.5, 0.6) is 5.75 Å². The topological polar surface area (TPSA) is 60.9 Å². The number of H-pyrrole nitrogens is 1. The minimum Gasteiger partial charge on any atom is -0.508 e. The molecule has 0 fully saturated rings. The third-order valence-corrected chi connectivity index (χ3v) is 3.57. The van der Waals surface area contributed by atoms with Crippen molar-refractivity contribution >= 4 is 27.5 Å². The van der Waals surface area contributed by atoms with Crippen LogP contribution in [0.3, 0.4) is 0 Å². The fraction of sp³-hybridized carbons (Fsp3) is 0.133. The Morgan fingerprint density at radius 2 is 2.11 bits per heavy atom. The van der Waals surface area contributed by atoms with Gasteiger partial charge in [0.2, 0.25) is 0 Å². The number of benzene rings is 1. The molecule has 3 heterocycles.